The van der Waals surface area contributed by atoms with Crippen LogP contribution in [0.5, 0.6) is 5.75 Å². The average molecular weight is 435 g/mol. The Morgan fingerprint density at radius 3 is 2.31 bits per heavy atom. The highest BCUT2D eigenvalue weighted by Gasteiger charge is 2.26. The maximum Gasteiger partial charge on any atom is 0.357 e. The topological polar surface area (TPSA) is 69.6 Å². The lowest BCUT2D eigenvalue weighted by Crippen LogP contribution is -2.22. The largest absolute Gasteiger partial charge is 0.497 e. The van der Waals surface area contributed by atoms with Crippen LogP contribution >= 0.6 is 0 Å². The highest BCUT2D eigenvalue weighted by atomic mass is 16.5. The van der Waals surface area contributed by atoms with Crippen molar-refractivity contribution in [3.05, 3.63) is 72.1 Å². The van der Waals surface area contributed by atoms with E-state index in [4.69, 9.17) is 9.47 Å². The Morgan fingerprint density at radius 1 is 1.03 bits per heavy atom. The molecule has 1 heterocycles. The van der Waals surface area contributed by atoms with E-state index in [0.717, 1.165) is 22.4 Å². The Balaban J connectivity index is 2.16. The minimum atomic E-state index is -0.470. The Bertz CT molecular complexity index is 1060. The number of rotatable bonds is 9. The van der Waals surface area contributed by atoms with Gasteiger partial charge in [-0.1, -0.05) is 56.3 Å². The first-order chi connectivity index (χ1) is 15.5. The number of benzene rings is 2. The van der Waals surface area contributed by atoms with Crippen molar-refractivity contribution in [1.82, 2.24) is 4.57 Å². The lowest BCUT2D eigenvalue weighted by molar-refractivity contribution is -0.119. The van der Waals surface area contributed by atoms with Gasteiger partial charge < -0.3 is 19.4 Å². The SMILES string of the molecule is CCOC(=O)c1c(NC(=O)[C@H](C)CC)c(-c2ccc(OC)cc2)cn1Cc1ccccc1. The Labute approximate surface area is 189 Å². The van der Waals surface area contributed by atoms with Crippen LogP contribution in [0.1, 0.15) is 43.2 Å². The Kier molecular flexibility index (Phi) is 7.71. The third kappa shape index (κ3) is 5.19. The van der Waals surface area contributed by atoms with Crippen molar-refractivity contribution in [3.8, 4) is 16.9 Å². The van der Waals surface area contributed by atoms with Gasteiger partial charge in [0.1, 0.15) is 5.75 Å². The molecule has 3 rings (SSSR count). The number of nitrogens with zero attached hydrogens (tertiary/aromatic N) is 1. The lowest BCUT2D eigenvalue weighted by Gasteiger charge is -2.14. The van der Waals surface area contributed by atoms with E-state index in [0.29, 0.717) is 24.3 Å². The van der Waals surface area contributed by atoms with Gasteiger partial charge in [-0.15, -0.1) is 0 Å². The second-order valence-corrected chi connectivity index (χ2v) is 7.63. The summed E-state index contributed by atoms with van der Waals surface area (Å²) < 4.78 is 12.5. The Hall–Kier alpha value is -3.54. The zero-order valence-electron chi connectivity index (χ0n) is 19.1. The average Bonchev–Trinajstić information content (AvgIpc) is 3.16. The predicted molar refractivity (Wildman–Crippen MR) is 126 cm³/mol. The van der Waals surface area contributed by atoms with E-state index < -0.39 is 5.97 Å². The molecule has 0 saturated heterocycles. The molecule has 2 aromatic carbocycles. The summed E-state index contributed by atoms with van der Waals surface area (Å²) in [5.41, 5.74) is 3.45. The van der Waals surface area contributed by atoms with Gasteiger partial charge in [0.25, 0.3) is 0 Å². The van der Waals surface area contributed by atoms with Crippen LogP contribution in [-0.2, 0) is 16.1 Å². The number of carbonyl (C=O) groups is 2. The maximum absolute atomic E-state index is 13.0. The molecule has 1 amide bonds. The highest BCUT2D eigenvalue weighted by Crippen LogP contribution is 2.35. The molecule has 0 saturated carbocycles. The maximum atomic E-state index is 13.0. The first-order valence-electron chi connectivity index (χ1n) is 10.9. The van der Waals surface area contributed by atoms with Crippen molar-refractivity contribution >= 4 is 17.6 Å². The highest BCUT2D eigenvalue weighted by molar-refractivity contribution is 6.06. The molecule has 1 N–H and O–H groups in total. The fourth-order valence-electron chi connectivity index (χ4n) is 3.43. The molecule has 1 atom stereocenters. The fourth-order valence-corrected chi connectivity index (χ4v) is 3.43. The number of esters is 1. The van der Waals surface area contributed by atoms with Crippen LogP contribution in [0.4, 0.5) is 5.69 Å². The number of aromatic nitrogens is 1. The number of hydrogen-bond acceptors (Lipinski definition) is 4. The summed E-state index contributed by atoms with van der Waals surface area (Å²) in [6.45, 7) is 6.31. The number of carbonyl (C=O) groups excluding carboxylic acids is 2. The van der Waals surface area contributed by atoms with E-state index in [-0.39, 0.29) is 18.4 Å². The van der Waals surface area contributed by atoms with E-state index in [1.165, 1.54) is 0 Å². The summed E-state index contributed by atoms with van der Waals surface area (Å²) in [5.74, 6) is -0.0626. The zero-order valence-corrected chi connectivity index (χ0v) is 19.1. The molecule has 0 unspecified atom stereocenters. The van der Waals surface area contributed by atoms with Gasteiger partial charge in [-0.2, -0.15) is 0 Å². The number of anilines is 1. The van der Waals surface area contributed by atoms with Crippen molar-refractivity contribution in [2.75, 3.05) is 19.0 Å². The molecule has 168 valence electrons. The van der Waals surface area contributed by atoms with Gasteiger partial charge in [-0.25, -0.2) is 4.79 Å². The lowest BCUT2D eigenvalue weighted by atomic mass is 10.0. The molecule has 0 radical (unpaired) electrons. The molecule has 32 heavy (non-hydrogen) atoms. The summed E-state index contributed by atoms with van der Waals surface area (Å²) >= 11 is 0. The van der Waals surface area contributed by atoms with Crippen molar-refractivity contribution in [1.29, 1.82) is 0 Å². The van der Waals surface area contributed by atoms with Gasteiger partial charge in [0.05, 0.1) is 19.4 Å². The summed E-state index contributed by atoms with van der Waals surface area (Å²) in [4.78, 5) is 25.9. The molecule has 6 nitrogen and oxygen atoms in total. The quantitative estimate of drug-likeness (QED) is 0.460. The second kappa shape index (κ2) is 10.7. The third-order valence-electron chi connectivity index (χ3n) is 5.45. The van der Waals surface area contributed by atoms with Crippen molar-refractivity contribution in [2.45, 2.75) is 33.7 Å². The van der Waals surface area contributed by atoms with E-state index >= 15 is 0 Å². The molecule has 0 spiro atoms. The minimum absolute atomic E-state index is 0.134. The van der Waals surface area contributed by atoms with Gasteiger partial charge in [-0.3, -0.25) is 4.79 Å². The normalized spacial score (nSPS) is 11.6. The van der Waals surface area contributed by atoms with E-state index in [2.05, 4.69) is 5.32 Å². The van der Waals surface area contributed by atoms with E-state index in [1.807, 2.05) is 79.2 Å². The molecular weight excluding hydrogens is 404 g/mol. The van der Waals surface area contributed by atoms with Crippen molar-refractivity contribution < 1.29 is 19.1 Å². The summed E-state index contributed by atoms with van der Waals surface area (Å²) in [6, 6.07) is 17.4. The van der Waals surface area contributed by atoms with E-state index in [9.17, 15) is 9.59 Å². The van der Waals surface area contributed by atoms with Crippen LogP contribution in [-0.4, -0.2) is 30.2 Å². The predicted octanol–water partition coefficient (Wildman–Crippen LogP) is 5.37. The van der Waals surface area contributed by atoms with Crippen LogP contribution < -0.4 is 10.1 Å². The minimum Gasteiger partial charge on any atom is -0.497 e. The second-order valence-electron chi connectivity index (χ2n) is 7.63. The molecule has 6 heteroatoms. The summed E-state index contributed by atoms with van der Waals surface area (Å²) in [7, 11) is 1.61. The zero-order chi connectivity index (χ0) is 23.1. The molecule has 1 aromatic heterocycles. The number of nitrogens with one attached hydrogen (secondary N) is 1. The number of hydrogen-bond donors (Lipinski definition) is 1. The van der Waals surface area contributed by atoms with Crippen molar-refractivity contribution in [3.63, 3.8) is 0 Å². The van der Waals surface area contributed by atoms with Gasteiger partial charge in [0.15, 0.2) is 5.69 Å². The molecule has 0 fully saturated rings. The van der Waals surface area contributed by atoms with Crippen LogP contribution in [0, 0.1) is 5.92 Å². The summed E-state index contributed by atoms with van der Waals surface area (Å²) in [6.07, 6.45) is 2.59. The summed E-state index contributed by atoms with van der Waals surface area (Å²) in [5, 5.41) is 3.01. The van der Waals surface area contributed by atoms with Crippen LogP contribution in [0.15, 0.2) is 60.8 Å². The van der Waals surface area contributed by atoms with Crippen molar-refractivity contribution in [2.24, 2.45) is 5.92 Å². The third-order valence-corrected chi connectivity index (χ3v) is 5.45. The standard InChI is InChI=1S/C26H30N2O4/c1-5-18(3)25(29)27-23-22(20-12-14-21(31-4)15-13-20)17-28(24(23)26(30)32-6-2)16-19-10-8-7-9-11-19/h7-15,17-18H,5-6,16H2,1-4H3,(H,27,29)/t18-/m1/s1. The van der Waals surface area contributed by atoms with Crippen LogP contribution in [0.25, 0.3) is 11.1 Å². The first kappa shape index (κ1) is 23.1. The molecule has 0 aliphatic rings. The molecule has 3 aromatic rings. The van der Waals surface area contributed by atoms with Gasteiger partial charge in [0, 0.05) is 24.2 Å². The molecule has 0 aliphatic carbocycles. The van der Waals surface area contributed by atoms with E-state index in [1.54, 1.807) is 14.0 Å². The number of ether oxygens (including phenoxy) is 2. The van der Waals surface area contributed by atoms with Crippen LogP contribution in [0.3, 0.4) is 0 Å². The fraction of sp³-hybridized carbons (Fsp3) is 0.308. The van der Waals surface area contributed by atoms with Gasteiger partial charge in [-0.05, 0) is 36.6 Å². The monoisotopic (exact) mass is 434 g/mol. The molecular formula is C26H30N2O4. The van der Waals surface area contributed by atoms with Gasteiger partial charge in [0.2, 0.25) is 5.91 Å². The molecule has 0 bridgehead atoms. The number of methoxy groups -OCH3 is 1. The first-order valence-corrected chi connectivity index (χ1v) is 10.9. The van der Waals surface area contributed by atoms with Crippen LogP contribution in [0.2, 0.25) is 0 Å². The number of amides is 1. The smallest absolute Gasteiger partial charge is 0.357 e. The molecule has 0 aliphatic heterocycles. The van der Waals surface area contributed by atoms with Gasteiger partial charge >= 0.3 is 5.97 Å². The Morgan fingerprint density at radius 2 is 1.72 bits per heavy atom.